The van der Waals surface area contributed by atoms with E-state index in [4.69, 9.17) is 0 Å². The largest absolute Gasteiger partial charge is 0.358 e. The molecule has 172 valence electrons. The minimum absolute atomic E-state index is 0.108. The standard InChI is InChI=1S/C21H34N6O4/c1-23-19(22-13-20(23)26(28)29)12-21(27(30)31)14-24(17-8-4-2-5-9-17)16-25(15-21)18-10-6-3-7-11-18/h13,17-18H,2-12,14-16H2,1H3. The summed E-state index contributed by atoms with van der Waals surface area (Å²) in [5, 5.41) is 23.8. The highest BCUT2D eigenvalue weighted by Crippen LogP contribution is 2.34. The molecule has 2 heterocycles. The van der Waals surface area contributed by atoms with Gasteiger partial charge in [-0.15, -0.1) is 0 Å². The number of hydrogen-bond donors (Lipinski definition) is 0. The minimum Gasteiger partial charge on any atom is -0.358 e. The van der Waals surface area contributed by atoms with Crippen LogP contribution in [0.25, 0.3) is 0 Å². The van der Waals surface area contributed by atoms with Crippen LogP contribution in [-0.4, -0.2) is 66.6 Å². The summed E-state index contributed by atoms with van der Waals surface area (Å²) in [7, 11) is 1.58. The van der Waals surface area contributed by atoms with E-state index < -0.39 is 10.5 Å². The summed E-state index contributed by atoms with van der Waals surface area (Å²) in [4.78, 5) is 32.1. The lowest BCUT2D eigenvalue weighted by atomic mass is 9.86. The normalized spacial score (nSPS) is 24.3. The van der Waals surface area contributed by atoms with Gasteiger partial charge in [0.15, 0.2) is 0 Å². The molecule has 3 aliphatic rings. The predicted octanol–water partition coefficient (Wildman–Crippen LogP) is 3.13. The minimum atomic E-state index is -1.21. The smallest absolute Gasteiger partial charge is 0.342 e. The fourth-order valence-corrected chi connectivity index (χ4v) is 5.88. The molecule has 2 aliphatic carbocycles. The fourth-order valence-electron chi connectivity index (χ4n) is 5.88. The van der Waals surface area contributed by atoms with Crippen LogP contribution in [0.5, 0.6) is 0 Å². The van der Waals surface area contributed by atoms with E-state index in [-0.39, 0.29) is 17.2 Å². The van der Waals surface area contributed by atoms with Gasteiger partial charge in [-0.1, -0.05) is 38.5 Å². The summed E-state index contributed by atoms with van der Waals surface area (Å²) in [6.45, 7) is 1.56. The van der Waals surface area contributed by atoms with Gasteiger partial charge in [-0.25, -0.2) is 9.55 Å². The van der Waals surface area contributed by atoms with Crippen molar-refractivity contribution in [3.63, 3.8) is 0 Å². The monoisotopic (exact) mass is 434 g/mol. The van der Waals surface area contributed by atoms with E-state index in [1.807, 2.05) is 0 Å². The molecular formula is C21H34N6O4. The van der Waals surface area contributed by atoms with Crippen LogP contribution in [0, 0.1) is 20.2 Å². The van der Waals surface area contributed by atoms with Gasteiger partial charge < -0.3 is 10.1 Å². The van der Waals surface area contributed by atoms with Gasteiger partial charge in [-0.2, -0.15) is 0 Å². The maximum atomic E-state index is 12.6. The summed E-state index contributed by atoms with van der Waals surface area (Å²) in [5.41, 5.74) is -1.21. The van der Waals surface area contributed by atoms with Crippen molar-refractivity contribution in [2.45, 2.75) is 88.3 Å². The van der Waals surface area contributed by atoms with Crippen LogP contribution in [0.2, 0.25) is 0 Å². The topological polar surface area (TPSA) is 111 Å². The Morgan fingerprint density at radius 3 is 1.90 bits per heavy atom. The maximum Gasteiger partial charge on any atom is 0.342 e. The highest BCUT2D eigenvalue weighted by molar-refractivity contribution is 5.20. The highest BCUT2D eigenvalue weighted by atomic mass is 16.6. The second-order valence-electron chi connectivity index (χ2n) is 9.73. The molecule has 0 radical (unpaired) electrons. The van der Waals surface area contributed by atoms with Crippen molar-refractivity contribution in [1.29, 1.82) is 0 Å². The van der Waals surface area contributed by atoms with E-state index in [1.165, 1.54) is 49.3 Å². The highest BCUT2D eigenvalue weighted by Gasteiger charge is 2.53. The fraction of sp³-hybridized carbons (Fsp3) is 0.857. The molecule has 0 bridgehead atoms. The van der Waals surface area contributed by atoms with Gasteiger partial charge in [0.25, 0.3) is 5.54 Å². The molecule has 10 heteroatoms. The summed E-state index contributed by atoms with van der Waals surface area (Å²) in [5.74, 6) is 0.287. The van der Waals surface area contributed by atoms with Crippen molar-refractivity contribution < 1.29 is 9.85 Å². The van der Waals surface area contributed by atoms with Crippen molar-refractivity contribution >= 4 is 5.82 Å². The van der Waals surface area contributed by atoms with Gasteiger partial charge in [0.2, 0.25) is 5.82 Å². The molecule has 1 aliphatic heterocycles. The number of nitrogens with zero attached hydrogens (tertiary/aromatic N) is 6. The van der Waals surface area contributed by atoms with Gasteiger partial charge in [-0.3, -0.25) is 19.9 Å². The number of hydrogen-bond acceptors (Lipinski definition) is 7. The Hall–Kier alpha value is -2.07. The summed E-state index contributed by atoms with van der Waals surface area (Å²) in [6, 6.07) is 0.769. The Morgan fingerprint density at radius 2 is 1.48 bits per heavy atom. The van der Waals surface area contributed by atoms with E-state index in [9.17, 15) is 20.2 Å². The van der Waals surface area contributed by atoms with Crippen molar-refractivity contribution in [1.82, 2.24) is 19.4 Å². The predicted molar refractivity (Wildman–Crippen MR) is 115 cm³/mol. The Kier molecular flexibility index (Phi) is 6.57. The zero-order valence-corrected chi connectivity index (χ0v) is 18.4. The molecular weight excluding hydrogens is 400 g/mol. The van der Waals surface area contributed by atoms with Gasteiger partial charge in [0, 0.05) is 17.0 Å². The van der Waals surface area contributed by atoms with Crippen molar-refractivity contribution in [3.8, 4) is 0 Å². The molecule has 31 heavy (non-hydrogen) atoms. The lowest BCUT2D eigenvalue weighted by molar-refractivity contribution is -0.576. The van der Waals surface area contributed by atoms with Crippen LogP contribution in [0.4, 0.5) is 5.82 Å². The van der Waals surface area contributed by atoms with Gasteiger partial charge in [0.1, 0.15) is 12.6 Å². The second-order valence-corrected chi connectivity index (χ2v) is 9.73. The van der Waals surface area contributed by atoms with Crippen LogP contribution in [-0.2, 0) is 13.5 Å². The first kappa shape index (κ1) is 22.1. The molecule has 0 amide bonds. The van der Waals surface area contributed by atoms with E-state index in [0.29, 0.717) is 31.0 Å². The van der Waals surface area contributed by atoms with Crippen LogP contribution in [0.1, 0.15) is 70.0 Å². The van der Waals surface area contributed by atoms with E-state index in [2.05, 4.69) is 14.8 Å². The number of aromatic nitrogens is 2. The van der Waals surface area contributed by atoms with Crippen molar-refractivity contribution in [2.24, 2.45) is 7.05 Å². The maximum absolute atomic E-state index is 12.6. The molecule has 1 aromatic heterocycles. The summed E-state index contributed by atoms with van der Waals surface area (Å²) >= 11 is 0. The van der Waals surface area contributed by atoms with Gasteiger partial charge in [-0.05, 0) is 30.6 Å². The lowest BCUT2D eigenvalue weighted by Crippen LogP contribution is -2.67. The molecule has 0 spiro atoms. The van der Waals surface area contributed by atoms with Crippen LogP contribution in [0.15, 0.2) is 6.20 Å². The zero-order valence-electron chi connectivity index (χ0n) is 18.4. The first-order chi connectivity index (χ1) is 14.9. The first-order valence-electron chi connectivity index (χ1n) is 11.7. The van der Waals surface area contributed by atoms with E-state index in [0.717, 1.165) is 32.4 Å². The SMILES string of the molecule is Cn1c([N+](=O)[O-])cnc1CC1([N+](=O)[O-])CN(C2CCCCC2)CN(C2CCCCC2)C1. The summed E-state index contributed by atoms with van der Waals surface area (Å²) in [6.07, 6.45) is 12.9. The molecule has 4 rings (SSSR count). The van der Waals surface area contributed by atoms with Crippen LogP contribution >= 0.6 is 0 Å². The Morgan fingerprint density at radius 1 is 0.968 bits per heavy atom. The first-order valence-corrected chi connectivity index (χ1v) is 11.7. The van der Waals surface area contributed by atoms with Crippen LogP contribution < -0.4 is 0 Å². The average molecular weight is 435 g/mol. The van der Waals surface area contributed by atoms with Gasteiger partial charge >= 0.3 is 5.82 Å². The Labute approximate surface area is 182 Å². The molecule has 2 saturated carbocycles. The van der Waals surface area contributed by atoms with Crippen molar-refractivity contribution in [2.75, 3.05) is 19.8 Å². The summed E-state index contributed by atoms with van der Waals surface area (Å²) < 4.78 is 1.40. The third-order valence-electron chi connectivity index (χ3n) is 7.66. The Balaban J connectivity index is 1.64. The third kappa shape index (κ3) is 4.59. The molecule has 1 aromatic rings. The third-order valence-corrected chi connectivity index (χ3v) is 7.66. The number of imidazole rings is 1. The molecule has 10 nitrogen and oxygen atoms in total. The zero-order chi connectivity index (χ0) is 22.0. The quantitative estimate of drug-likeness (QED) is 0.499. The molecule has 0 aromatic carbocycles. The van der Waals surface area contributed by atoms with E-state index in [1.54, 1.807) is 7.05 Å². The average Bonchev–Trinajstić information content (AvgIpc) is 3.14. The van der Waals surface area contributed by atoms with Crippen molar-refractivity contribution in [3.05, 3.63) is 32.2 Å². The second kappa shape index (κ2) is 9.20. The molecule has 0 N–H and O–H groups in total. The van der Waals surface area contributed by atoms with Gasteiger partial charge in [0.05, 0.1) is 26.8 Å². The molecule has 0 unspecified atom stereocenters. The molecule has 3 fully saturated rings. The molecule has 0 atom stereocenters. The Bertz CT molecular complexity index is 774. The number of rotatable bonds is 6. The lowest BCUT2D eigenvalue weighted by Gasteiger charge is -2.49. The van der Waals surface area contributed by atoms with E-state index >= 15 is 0 Å². The van der Waals surface area contributed by atoms with Crippen LogP contribution in [0.3, 0.4) is 0 Å². The number of nitro groups is 2. The molecule has 1 saturated heterocycles.